The minimum atomic E-state index is 0.337. The van der Waals surface area contributed by atoms with Crippen molar-refractivity contribution in [3.63, 3.8) is 0 Å². The van der Waals surface area contributed by atoms with Gasteiger partial charge in [-0.1, -0.05) is 30.3 Å². The maximum Gasteiger partial charge on any atom is 0.225 e. The van der Waals surface area contributed by atoms with Gasteiger partial charge >= 0.3 is 0 Å². The van der Waals surface area contributed by atoms with Gasteiger partial charge in [-0.15, -0.1) is 0 Å². The Morgan fingerprint density at radius 2 is 1.90 bits per heavy atom. The van der Waals surface area contributed by atoms with Crippen LogP contribution in [0.1, 0.15) is 24.1 Å². The van der Waals surface area contributed by atoms with Crippen LogP contribution in [0.4, 0.5) is 17.6 Å². The van der Waals surface area contributed by atoms with Crippen LogP contribution in [-0.2, 0) is 6.54 Å². The first-order valence-corrected chi connectivity index (χ1v) is 10.8. The number of rotatable bonds is 5. The topological polar surface area (TPSA) is 79.3 Å². The number of aromatic nitrogens is 4. The number of fused-ring (bicyclic) bond motifs is 1. The van der Waals surface area contributed by atoms with E-state index in [2.05, 4.69) is 54.3 Å². The van der Waals surface area contributed by atoms with E-state index in [-0.39, 0.29) is 0 Å². The molecule has 160 valence electrons. The highest BCUT2D eigenvalue weighted by molar-refractivity contribution is 5.56. The fourth-order valence-corrected chi connectivity index (χ4v) is 4.14. The maximum absolute atomic E-state index is 5.80. The molecule has 1 saturated heterocycles. The van der Waals surface area contributed by atoms with E-state index < -0.39 is 0 Å². The first kappa shape index (κ1) is 19.5. The van der Waals surface area contributed by atoms with E-state index in [1.807, 2.05) is 19.1 Å². The van der Waals surface area contributed by atoms with Crippen molar-refractivity contribution in [3.05, 3.63) is 60.2 Å². The van der Waals surface area contributed by atoms with Crippen LogP contribution in [0.15, 0.2) is 48.9 Å². The number of benzene rings is 1. The summed E-state index contributed by atoms with van der Waals surface area (Å²) in [5.74, 6) is 3.28. The maximum atomic E-state index is 5.80. The number of nitrogens with zero attached hydrogens (tertiary/aromatic N) is 6. The standard InChI is InChI=1S/C23H27N7O/c1-17-13-21(26-16-25-17)29-9-7-19(8-10-29)27-23-24-14-20-22(28-23)30(11-12-31-20)15-18-5-3-2-4-6-18/h2-6,13-14,16,19H,7-12,15H2,1H3,(H,24,27,28). The molecule has 2 aliphatic heterocycles. The van der Waals surface area contributed by atoms with E-state index in [9.17, 15) is 0 Å². The second-order valence-corrected chi connectivity index (χ2v) is 8.06. The Balaban J connectivity index is 1.24. The number of anilines is 3. The van der Waals surface area contributed by atoms with Crippen molar-refractivity contribution in [2.24, 2.45) is 0 Å². The molecule has 1 aromatic carbocycles. The second kappa shape index (κ2) is 8.75. The van der Waals surface area contributed by atoms with Gasteiger partial charge in [-0.2, -0.15) is 4.98 Å². The molecule has 8 nitrogen and oxygen atoms in total. The van der Waals surface area contributed by atoms with Crippen LogP contribution in [0.2, 0.25) is 0 Å². The van der Waals surface area contributed by atoms with E-state index in [1.165, 1.54) is 5.56 Å². The van der Waals surface area contributed by atoms with Crippen molar-refractivity contribution in [1.29, 1.82) is 0 Å². The summed E-state index contributed by atoms with van der Waals surface area (Å²) in [6.07, 6.45) is 5.45. The van der Waals surface area contributed by atoms with Gasteiger partial charge in [-0.25, -0.2) is 15.0 Å². The summed E-state index contributed by atoms with van der Waals surface area (Å²) >= 11 is 0. The van der Waals surface area contributed by atoms with Crippen LogP contribution in [0.25, 0.3) is 0 Å². The van der Waals surface area contributed by atoms with Gasteiger partial charge in [0.2, 0.25) is 5.95 Å². The van der Waals surface area contributed by atoms with Crippen molar-refractivity contribution < 1.29 is 4.74 Å². The van der Waals surface area contributed by atoms with Crippen LogP contribution in [-0.4, -0.2) is 52.2 Å². The second-order valence-electron chi connectivity index (χ2n) is 8.06. The summed E-state index contributed by atoms with van der Waals surface area (Å²) in [5.41, 5.74) is 2.26. The molecule has 8 heteroatoms. The van der Waals surface area contributed by atoms with E-state index >= 15 is 0 Å². The molecule has 0 saturated carbocycles. The van der Waals surface area contributed by atoms with Crippen LogP contribution in [0.3, 0.4) is 0 Å². The highest BCUT2D eigenvalue weighted by Gasteiger charge is 2.24. The van der Waals surface area contributed by atoms with Crippen molar-refractivity contribution in [1.82, 2.24) is 19.9 Å². The minimum Gasteiger partial charge on any atom is -0.486 e. The molecule has 5 rings (SSSR count). The van der Waals surface area contributed by atoms with Crippen LogP contribution < -0.4 is 19.9 Å². The van der Waals surface area contributed by atoms with Gasteiger partial charge in [-0.05, 0) is 25.3 Å². The largest absolute Gasteiger partial charge is 0.486 e. The predicted molar refractivity (Wildman–Crippen MR) is 121 cm³/mol. The molecule has 1 fully saturated rings. The first-order valence-electron chi connectivity index (χ1n) is 10.8. The molecular weight excluding hydrogens is 390 g/mol. The molecule has 1 N–H and O–H groups in total. The lowest BCUT2D eigenvalue weighted by atomic mass is 10.1. The summed E-state index contributed by atoms with van der Waals surface area (Å²) in [5, 5.41) is 3.53. The van der Waals surface area contributed by atoms with Crippen molar-refractivity contribution >= 4 is 17.6 Å². The number of hydrogen-bond donors (Lipinski definition) is 1. The van der Waals surface area contributed by atoms with Crippen LogP contribution in [0.5, 0.6) is 5.75 Å². The summed E-state index contributed by atoms with van der Waals surface area (Å²) in [4.78, 5) is 22.5. The van der Waals surface area contributed by atoms with Gasteiger partial charge in [0.25, 0.3) is 0 Å². The van der Waals surface area contributed by atoms with Crippen LogP contribution >= 0.6 is 0 Å². The van der Waals surface area contributed by atoms with E-state index in [4.69, 9.17) is 9.72 Å². The molecule has 2 aliphatic rings. The highest BCUT2D eigenvalue weighted by Crippen LogP contribution is 2.31. The zero-order valence-corrected chi connectivity index (χ0v) is 17.7. The van der Waals surface area contributed by atoms with Crippen molar-refractivity contribution in [2.45, 2.75) is 32.4 Å². The third-order valence-electron chi connectivity index (χ3n) is 5.81. The van der Waals surface area contributed by atoms with Crippen molar-refractivity contribution in [3.8, 4) is 5.75 Å². The Labute approximate surface area is 182 Å². The van der Waals surface area contributed by atoms with Gasteiger partial charge < -0.3 is 19.9 Å². The molecule has 0 atom stereocenters. The summed E-state index contributed by atoms with van der Waals surface area (Å²) in [6, 6.07) is 12.8. The molecular formula is C23H27N7O. The third kappa shape index (κ3) is 4.52. The average Bonchev–Trinajstić information content (AvgIpc) is 2.81. The SMILES string of the molecule is Cc1cc(N2CCC(Nc3ncc4c(n3)N(Cc3ccccc3)CCO4)CC2)ncn1. The average molecular weight is 418 g/mol. The van der Waals surface area contributed by atoms with Gasteiger partial charge in [0.05, 0.1) is 12.7 Å². The molecule has 31 heavy (non-hydrogen) atoms. The molecule has 0 aliphatic carbocycles. The molecule has 0 amide bonds. The quantitative estimate of drug-likeness (QED) is 0.679. The molecule has 3 aromatic rings. The summed E-state index contributed by atoms with van der Waals surface area (Å²) < 4.78 is 5.80. The first-order chi connectivity index (χ1) is 15.2. The smallest absolute Gasteiger partial charge is 0.225 e. The monoisotopic (exact) mass is 417 g/mol. The van der Waals surface area contributed by atoms with E-state index in [0.717, 1.165) is 62.1 Å². The molecule has 2 aromatic heterocycles. The van der Waals surface area contributed by atoms with Gasteiger partial charge in [-0.3, -0.25) is 0 Å². The molecule has 0 spiro atoms. The normalized spacial score (nSPS) is 16.5. The number of piperidine rings is 1. The zero-order valence-electron chi connectivity index (χ0n) is 17.7. The highest BCUT2D eigenvalue weighted by atomic mass is 16.5. The Hall–Kier alpha value is -3.42. The fraction of sp³-hybridized carbons (Fsp3) is 0.391. The summed E-state index contributed by atoms with van der Waals surface area (Å²) in [7, 11) is 0. The lowest BCUT2D eigenvalue weighted by Crippen LogP contribution is -2.40. The lowest BCUT2D eigenvalue weighted by molar-refractivity contribution is 0.303. The number of nitrogens with one attached hydrogen (secondary N) is 1. The van der Waals surface area contributed by atoms with Gasteiger partial charge in [0, 0.05) is 37.4 Å². The number of hydrogen-bond acceptors (Lipinski definition) is 8. The Morgan fingerprint density at radius 1 is 1.06 bits per heavy atom. The lowest BCUT2D eigenvalue weighted by Gasteiger charge is -2.34. The zero-order chi connectivity index (χ0) is 21.0. The van der Waals surface area contributed by atoms with Gasteiger partial charge in [0.1, 0.15) is 18.8 Å². The fourth-order valence-electron chi connectivity index (χ4n) is 4.14. The Bertz CT molecular complexity index is 1020. The number of aryl methyl sites for hydroxylation is 1. The molecule has 4 heterocycles. The van der Waals surface area contributed by atoms with Crippen molar-refractivity contribution in [2.75, 3.05) is 41.4 Å². The molecule has 0 bridgehead atoms. The predicted octanol–water partition coefficient (Wildman–Crippen LogP) is 3.05. The van der Waals surface area contributed by atoms with E-state index in [0.29, 0.717) is 18.6 Å². The van der Waals surface area contributed by atoms with Crippen LogP contribution in [0, 0.1) is 6.92 Å². The number of ether oxygens (including phenoxy) is 1. The summed E-state index contributed by atoms with van der Waals surface area (Å²) in [6.45, 7) is 6.17. The molecule has 0 unspecified atom stereocenters. The van der Waals surface area contributed by atoms with E-state index in [1.54, 1.807) is 12.5 Å². The Morgan fingerprint density at radius 3 is 2.71 bits per heavy atom. The Kier molecular flexibility index (Phi) is 5.52. The minimum absolute atomic E-state index is 0.337. The van der Waals surface area contributed by atoms with Gasteiger partial charge in [0.15, 0.2) is 11.6 Å². The third-order valence-corrected chi connectivity index (χ3v) is 5.81. The molecule has 0 radical (unpaired) electrons.